The van der Waals surface area contributed by atoms with E-state index in [4.69, 9.17) is 29.6 Å². The Morgan fingerprint density at radius 1 is 0.796 bits per heavy atom. The molecule has 4 atom stereocenters. The van der Waals surface area contributed by atoms with E-state index in [1.165, 1.54) is 0 Å². The monoisotopic (exact) mass is 772 g/mol. The van der Waals surface area contributed by atoms with Gasteiger partial charge in [-0.05, 0) is 57.1 Å². The number of nitrogens with one attached hydrogen (secondary N) is 4. The van der Waals surface area contributed by atoms with Crippen LogP contribution in [0, 0.1) is 24.0 Å². The molecule has 6 aromatic rings. The van der Waals surface area contributed by atoms with Crippen molar-refractivity contribution in [3.63, 3.8) is 0 Å². The minimum absolute atomic E-state index is 0.0793. The van der Waals surface area contributed by atoms with E-state index >= 15 is 0 Å². The second-order valence-electron chi connectivity index (χ2n) is 13.6. The van der Waals surface area contributed by atoms with Crippen molar-refractivity contribution < 1.29 is 19.0 Å². The summed E-state index contributed by atoms with van der Waals surface area (Å²) >= 11 is 12.1. The number of aliphatic hydroxyl groups is 2. The lowest BCUT2D eigenvalue weighted by Gasteiger charge is -2.35. The number of hydrogen-bond donors (Lipinski definition) is 6. The Bertz CT molecular complexity index is 2380. The summed E-state index contributed by atoms with van der Waals surface area (Å²) in [6, 6.07) is 3.25. The molecule has 0 amide bonds. The number of aromatic nitrogens is 8. The van der Waals surface area contributed by atoms with Gasteiger partial charge in [0.25, 0.3) is 0 Å². The fourth-order valence-corrected chi connectivity index (χ4v) is 7.33. The zero-order valence-corrected chi connectivity index (χ0v) is 30.4. The van der Waals surface area contributed by atoms with Gasteiger partial charge in [0.2, 0.25) is 0 Å². The molecule has 278 valence electrons. The van der Waals surface area contributed by atoms with Gasteiger partial charge in [0.05, 0.1) is 28.0 Å². The average Bonchev–Trinajstić information content (AvgIpc) is 3.78. The molecule has 6 aromatic heterocycles. The number of nitrogens with zero attached hydrogens (tertiary/aromatic N) is 6. The molecule has 0 spiro atoms. The molecule has 0 saturated heterocycles. The Hall–Kier alpha value is -5.20. The first kappa shape index (κ1) is 37.1. The van der Waals surface area contributed by atoms with E-state index in [0.717, 1.165) is 48.8 Å². The zero-order valence-electron chi connectivity index (χ0n) is 28.9. The maximum atomic E-state index is 14.3. The number of aromatic amines is 2. The molecule has 0 aromatic carbocycles. The van der Waals surface area contributed by atoms with Crippen LogP contribution in [0.1, 0.15) is 51.4 Å². The predicted octanol–water partition coefficient (Wildman–Crippen LogP) is 7.62. The minimum Gasteiger partial charge on any atom is -0.386 e. The molecular formula is C38H36Cl2F2N10O2. The topological polar surface area (TPSA) is 173 Å². The van der Waals surface area contributed by atoms with Crippen LogP contribution in [0.2, 0.25) is 10.0 Å². The minimum atomic E-state index is -1.17. The predicted molar refractivity (Wildman–Crippen MR) is 205 cm³/mol. The van der Waals surface area contributed by atoms with Crippen molar-refractivity contribution in [1.82, 2.24) is 39.9 Å². The van der Waals surface area contributed by atoms with Crippen molar-refractivity contribution in [1.29, 1.82) is 0 Å². The Labute approximate surface area is 318 Å². The Balaban J connectivity index is 0.000000167. The molecule has 2 saturated carbocycles. The van der Waals surface area contributed by atoms with Crippen molar-refractivity contribution in [2.24, 2.45) is 0 Å². The molecule has 0 aliphatic heterocycles. The standard InChI is InChI=1S/C19H19ClFN5O.C19H17ClFN5O/c2*1-2-19(27)5-3-4-12(7-19)25-18-15(21)10-24-17(26-18)14-9-23-16-13(14)6-11(20)8-22-16/h2,6,8-10,12,27H,1,3-5,7H2,(H,22,23)(H,24,25,26);1,6,8-10,12,27H,3-5,7H2,(H,22,23)(H,24,25,26). The highest BCUT2D eigenvalue weighted by molar-refractivity contribution is 6.31. The van der Waals surface area contributed by atoms with Gasteiger partial charge in [0.1, 0.15) is 16.9 Å². The van der Waals surface area contributed by atoms with E-state index in [9.17, 15) is 19.0 Å². The fourth-order valence-electron chi connectivity index (χ4n) is 7.01. The van der Waals surface area contributed by atoms with Crippen molar-refractivity contribution in [3.05, 3.63) is 83.6 Å². The van der Waals surface area contributed by atoms with Crippen LogP contribution in [0.4, 0.5) is 20.4 Å². The van der Waals surface area contributed by atoms with Crippen LogP contribution in [-0.2, 0) is 0 Å². The maximum Gasteiger partial charge on any atom is 0.183 e. The number of fused-ring (bicyclic) bond motifs is 2. The molecule has 0 radical (unpaired) electrons. The van der Waals surface area contributed by atoms with E-state index in [-0.39, 0.29) is 23.7 Å². The van der Waals surface area contributed by atoms with Crippen LogP contribution < -0.4 is 10.6 Å². The number of hydrogen-bond acceptors (Lipinski definition) is 10. The molecule has 4 unspecified atom stereocenters. The van der Waals surface area contributed by atoms with Gasteiger partial charge in [-0.1, -0.05) is 35.2 Å². The van der Waals surface area contributed by atoms with Crippen LogP contribution >= 0.6 is 23.2 Å². The van der Waals surface area contributed by atoms with Crippen molar-refractivity contribution in [2.75, 3.05) is 10.6 Å². The summed E-state index contributed by atoms with van der Waals surface area (Å²) in [7, 11) is 0. The molecule has 2 aliphatic rings. The maximum absolute atomic E-state index is 14.3. The number of halogens is 4. The number of H-pyrrole nitrogens is 2. The van der Waals surface area contributed by atoms with Gasteiger partial charge in [-0.15, -0.1) is 13.0 Å². The van der Waals surface area contributed by atoms with E-state index in [1.807, 2.05) is 0 Å². The number of rotatable bonds is 7. The summed E-state index contributed by atoms with van der Waals surface area (Å²) in [5, 5.41) is 29.4. The van der Waals surface area contributed by atoms with Crippen LogP contribution in [-0.4, -0.2) is 73.4 Å². The highest BCUT2D eigenvalue weighted by Gasteiger charge is 2.34. The van der Waals surface area contributed by atoms with Gasteiger partial charge in [-0.2, -0.15) is 0 Å². The first-order valence-electron chi connectivity index (χ1n) is 17.3. The molecular weight excluding hydrogens is 737 g/mol. The molecule has 0 bridgehead atoms. The van der Waals surface area contributed by atoms with Crippen LogP contribution in [0.5, 0.6) is 0 Å². The third-order valence-electron chi connectivity index (χ3n) is 9.78. The Morgan fingerprint density at radius 3 is 1.80 bits per heavy atom. The third-order valence-corrected chi connectivity index (χ3v) is 10.2. The number of pyridine rings is 2. The summed E-state index contributed by atoms with van der Waals surface area (Å²) in [4.78, 5) is 31.4. The first-order chi connectivity index (χ1) is 25.9. The summed E-state index contributed by atoms with van der Waals surface area (Å²) in [6.45, 7) is 3.70. The summed E-state index contributed by atoms with van der Waals surface area (Å²) < 4.78 is 28.6. The van der Waals surface area contributed by atoms with Gasteiger partial charge in [-0.25, -0.2) is 38.7 Å². The molecule has 6 N–H and O–H groups in total. The lowest BCUT2D eigenvalue weighted by Crippen LogP contribution is -2.39. The van der Waals surface area contributed by atoms with E-state index < -0.39 is 22.8 Å². The first-order valence-corrected chi connectivity index (χ1v) is 18.1. The highest BCUT2D eigenvalue weighted by Crippen LogP contribution is 2.34. The van der Waals surface area contributed by atoms with Crippen LogP contribution in [0.25, 0.3) is 44.8 Å². The van der Waals surface area contributed by atoms with Gasteiger partial charge >= 0.3 is 0 Å². The largest absolute Gasteiger partial charge is 0.386 e. The van der Waals surface area contributed by atoms with Crippen molar-refractivity contribution in [3.8, 4) is 35.1 Å². The number of anilines is 2. The Morgan fingerprint density at radius 2 is 1.30 bits per heavy atom. The molecule has 6 heterocycles. The molecule has 54 heavy (non-hydrogen) atoms. The molecule has 12 nitrogen and oxygen atoms in total. The molecule has 2 aliphatic carbocycles. The second-order valence-corrected chi connectivity index (χ2v) is 14.5. The Kier molecular flexibility index (Phi) is 10.5. The van der Waals surface area contributed by atoms with E-state index in [2.05, 4.69) is 63.0 Å². The SMILES string of the molecule is C#CC1(O)CCCC(Nc2nc(-c3c[nH]c4ncc(Cl)cc34)ncc2F)C1.C=CC1(O)CCCC(Nc2nc(-c3c[nH]c4ncc(Cl)cc34)ncc2F)C1. The normalized spacial score (nSPS) is 22.6. The lowest BCUT2D eigenvalue weighted by molar-refractivity contribution is 0.0468. The van der Waals surface area contributed by atoms with Crippen molar-refractivity contribution >= 4 is 56.9 Å². The lowest BCUT2D eigenvalue weighted by atomic mass is 9.82. The average molecular weight is 774 g/mol. The number of terminal acetylenes is 1. The van der Waals surface area contributed by atoms with Crippen molar-refractivity contribution in [2.45, 2.75) is 74.7 Å². The van der Waals surface area contributed by atoms with Crippen LogP contribution in [0.3, 0.4) is 0 Å². The summed E-state index contributed by atoms with van der Waals surface area (Å²) in [5.41, 5.74) is 0.563. The smallest absolute Gasteiger partial charge is 0.183 e. The highest BCUT2D eigenvalue weighted by atomic mass is 35.5. The van der Waals surface area contributed by atoms with E-state index in [1.54, 1.807) is 43.0 Å². The quantitative estimate of drug-likeness (QED) is 0.0700. The van der Waals surface area contributed by atoms with Gasteiger partial charge in [-0.3, -0.25) is 0 Å². The fraction of sp³-hybridized carbons (Fsp3) is 0.316. The summed E-state index contributed by atoms with van der Waals surface area (Å²) in [6.07, 6.45) is 21.0. The summed E-state index contributed by atoms with van der Waals surface area (Å²) in [5.74, 6) is 2.23. The second kappa shape index (κ2) is 15.3. The van der Waals surface area contributed by atoms with Gasteiger partial charge in [0, 0.05) is 65.2 Å². The molecule has 16 heteroatoms. The van der Waals surface area contributed by atoms with Gasteiger partial charge < -0.3 is 30.8 Å². The van der Waals surface area contributed by atoms with Gasteiger partial charge in [0.15, 0.2) is 34.9 Å². The molecule has 2 fully saturated rings. The zero-order chi connectivity index (χ0) is 38.0. The molecule has 8 rings (SSSR count). The van der Waals surface area contributed by atoms with E-state index in [0.29, 0.717) is 69.8 Å². The van der Waals surface area contributed by atoms with Crippen LogP contribution in [0.15, 0.2) is 62.0 Å². The third kappa shape index (κ3) is 8.00.